The number of benzene rings is 1. The van der Waals surface area contributed by atoms with Gasteiger partial charge in [-0.05, 0) is 5.56 Å². The largest absolute Gasteiger partial charge is 0.441 e. The molecule has 0 radical (unpaired) electrons. The van der Waals surface area contributed by atoms with Gasteiger partial charge >= 0.3 is 6.09 Å². The van der Waals surface area contributed by atoms with Crippen LogP contribution < -0.4 is 5.32 Å². The van der Waals surface area contributed by atoms with Crippen LogP contribution in [0.1, 0.15) is 5.56 Å². The van der Waals surface area contributed by atoms with Crippen molar-refractivity contribution >= 4 is 6.09 Å². The number of hydrogen-bond donors (Lipinski definition) is 2. The number of nitrogens with one attached hydrogen (secondary N) is 1. The second kappa shape index (κ2) is 5.65. The molecule has 1 aliphatic heterocycles. The number of amides is 1. The molecule has 1 amide bonds. The number of carbonyl (C=O) groups is 1. The van der Waals surface area contributed by atoms with E-state index in [1.165, 1.54) is 0 Å². The third-order valence-electron chi connectivity index (χ3n) is 2.54. The monoisotopic (exact) mass is 237 g/mol. The molecule has 1 aromatic carbocycles. The van der Waals surface area contributed by atoms with Gasteiger partial charge in [0.15, 0.2) is 6.10 Å². The van der Waals surface area contributed by atoms with Crippen LogP contribution in [0.4, 0.5) is 4.79 Å². The predicted octanol–water partition coefficient (Wildman–Crippen LogP) is 0.673. The Morgan fingerprint density at radius 3 is 2.82 bits per heavy atom. The molecule has 0 unspecified atom stereocenters. The van der Waals surface area contributed by atoms with E-state index in [0.717, 1.165) is 5.56 Å². The highest BCUT2D eigenvalue weighted by Gasteiger charge is 2.29. The highest BCUT2D eigenvalue weighted by molar-refractivity contribution is 5.67. The van der Waals surface area contributed by atoms with Crippen molar-refractivity contribution in [2.45, 2.75) is 18.8 Å². The first-order valence-corrected chi connectivity index (χ1v) is 5.50. The first-order chi connectivity index (χ1) is 8.25. The Hall–Kier alpha value is -1.59. The molecule has 2 atom stereocenters. The number of alkyl carbamates (subject to hydrolysis) is 1. The number of rotatable bonds is 3. The fourth-order valence-corrected chi connectivity index (χ4v) is 1.59. The van der Waals surface area contributed by atoms with Crippen LogP contribution in [0.3, 0.4) is 0 Å². The maximum atomic E-state index is 11.4. The standard InChI is InChI=1S/C12H15NO4/c14-10-7-16-8-11(10)17-12(15)13-6-9-4-2-1-3-5-9/h1-5,10-11,14H,6-8H2,(H,13,15)/t10-,11+/m0/s1. The summed E-state index contributed by atoms with van der Waals surface area (Å²) in [5.41, 5.74) is 0.993. The molecule has 2 N–H and O–H groups in total. The van der Waals surface area contributed by atoms with Gasteiger partial charge in [0.1, 0.15) is 6.10 Å². The average molecular weight is 237 g/mol. The zero-order valence-corrected chi connectivity index (χ0v) is 9.33. The summed E-state index contributed by atoms with van der Waals surface area (Å²) in [6, 6.07) is 9.53. The Morgan fingerprint density at radius 2 is 2.18 bits per heavy atom. The van der Waals surface area contributed by atoms with Gasteiger partial charge < -0.3 is 19.9 Å². The van der Waals surface area contributed by atoms with Crippen molar-refractivity contribution in [3.05, 3.63) is 35.9 Å². The summed E-state index contributed by atoms with van der Waals surface area (Å²) in [4.78, 5) is 11.4. The van der Waals surface area contributed by atoms with Crippen molar-refractivity contribution in [2.75, 3.05) is 13.2 Å². The van der Waals surface area contributed by atoms with Crippen LogP contribution in [0.2, 0.25) is 0 Å². The Kier molecular flexibility index (Phi) is 3.95. The van der Waals surface area contributed by atoms with Crippen molar-refractivity contribution in [3.63, 3.8) is 0 Å². The van der Waals surface area contributed by atoms with Gasteiger partial charge in [-0.15, -0.1) is 0 Å². The first-order valence-electron chi connectivity index (χ1n) is 5.50. The molecular formula is C12H15NO4. The van der Waals surface area contributed by atoms with E-state index in [1.54, 1.807) is 0 Å². The Morgan fingerprint density at radius 1 is 1.41 bits per heavy atom. The van der Waals surface area contributed by atoms with Crippen LogP contribution in [0.15, 0.2) is 30.3 Å². The molecule has 1 saturated heterocycles. The third kappa shape index (κ3) is 3.44. The molecule has 92 valence electrons. The molecule has 1 heterocycles. The lowest BCUT2D eigenvalue weighted by atomic mass is 10.2. The van der Waals surface area contributed by atoms with E-state index >= 15 is 0 Å². The fourth-order valence-electron chi connectivity index (χ4n) is 1.59. The first kappa shape index (κ1) is 11.9. The highest BCUT2D eigenvalue weighted by Crippen LogP contribution is 2.09. The zero-order valence-electron chi connectivity index (χ0n) is 9.33. The van der Waals surface area contributed by atoms with E-state index in [2.05, 4.69) is 5.32 Å². The maximum absolute atomic E-state index is 11.4. The summed E-state index contributed by atoms with van der Waals surface area (Å²) in [6.45, 7) is 0.875. The molecule has 1 aliphatic rings. The Balaban J connectivity index is 1.74. The highest BCUT2D eigenvalue weighted by atomic mass is 16.6. The van der Waals surface area contributed by atoms with Gasteiger partial charge in [-0.3, -0.25) is 0 Å². The fraction of sp³-hybridized carbons (Fsp3) is 0.417. The number of aliphatic hydroxyl groups is 1. The molecule has 0 aliphatic carbocycles. The van der Waals surface area contributed by atoms with Crippen LogP contribution >= 0.6 is 0 Å². The van der Waals surface area contributed by atoms with Crippen molar-refractivity contribution in [1.29, 1.82) is 0 Å². The van der Waals surface area contributed by atoms with Gasteiger partial charge in [0, 0.05) is 6.54 Å². The quantitative estimate of drug-likeness (QED) is 0.811. The molecule has 1 aromatic rings. The van der Waals surface area contributed by atoms with Gasteiger partial charge in [0.25, 0.3) is 0 Å². The minimum absolute atomic E-state index is 0.219. The molecule has 0 saturated carbocycles. The minimum Gasteiger partial charge on any atom is -0.441 e. The van der Waals surface area contributed by atoms with Crippen molar-refractivity contribution in [2.24, 2.45) is 0 Å². The second-order valence-corrected chi connectivity index (χ2v) is 3.89. The van der Waals surface area contributed by atoms with E-state index in [1.807, 2.05) is 30.3 Å². The molecule has 5 nitrogen and oxygen atoms in total. The smallest absolute Gasteiger partial charge is 0.407 e. The molecular weight excluding hydrogens is 222 g/mol. The second-order valence-electron chi connectivity index (χ2n) is 3.89. The van der Waals surface area contributed by atoms with Crippen molar-refractivity contribution < 1.29 is 19.4 Å². The predicted molar refractivity (Wildman–Crippen MR) is 60.4 cm³/mol. The summed E-state index contributed by atoms with van der Waals surface area (Å²) >= 11 is 0. The number of ether oxygens (including phenoxy) is 2. The van der Waals surface area contributed by atoms with E-state index < -0.39 is 18.3 Å². The van der Waals surface area contributed by atoms with Gasteiger partial charge in [-0.25, -0.2) is 4.79 Å². The average Bonchev–Trinajstić information content (AvgIpc) is 2.74. The summed E-state index contributed by atoms with van der Waals surface area (Å²) < 4.78 is 10.00. The lowest BCUT2D eigenvalue weighted by Gasteiger charge is -2.14. The number of carbonyl (C=O) groups excluding carboxylic acids is 1. The van der Waals surface area contributed by atoms with Crippen LogP contribution in [-0.4, -0.2) is 36.6 Å². The van der Waals surface area contributed by atoms with Gasteiger partial charge in [-0.2, -0.15) is 0 Å². The number of aliphatic hydroxyl groups excluding tert-OH is 1. The van der Waals surface area contributed by atoms with Crippen molar-refractivity contribution in [3.8, 4) is 0 Å². The van der Waals surface area contributed by atoms with Gasteiger partial charge in [0.05, 0.1) is 13.2 Å². The molecule has 17 heavy (non-hydrogen) atoms. The molecule has 1 fully saturated rings. The summed E-state index contributed by atoms with van der Waals surface area (Å²) in [5, 5.41) is 12.0. The Labute approximate surface area is 99.3 Å². The van der Waals surface area contributed by atoms with Crippen LogP contribution in [0, 0.1) is 0 Å². The number of hydrogen-bond acceptors (Lipinski definition) is 4. The van der Waals surface area contributed by atoms with E-state index in [9.17, 15) is 9.90 Å². The summed E-state index contributed by atoms with van der Waals surface area (Å²) in [7, 11) is 0. The van der Waals surface area contributed by atoms with Crippen LogP contribution in [0.25, 0.3) is 0 Å². The van der Waals surface area contributed by atoms with E-state index in [0.29, 0.717) is 6.54 Å². The molecule has 0 spiro atoms. The van der Waals surface area contributed by atoms with Gasteiger partial charge in [-0.1, -0.05) is 30.3 Å². The van der Waals surface area contributed by atoms with Crippen molar-refractivity contribution in [1.82, 2.24) is 5.32 Å². The third-order valence-corrected chi connectivity index (χ3v) is 2.54. The molecule has 0 bridgehead atoms. The molecule has 5 heteroatoms. The lowest BCUT2D eigenvalue weighted by molar-refractivity contribution is 0.0324. The lowest BCUT2D eigenvalue weighted by Crippen LogP contribution is -2.34. The minimum atomic E-state index is -0.725. The van der Waals surface area contributed by atoms with Gasteiger partial charge in [0.2, 0.25) is 0 Å². The summed E-state index contributed by atoms with van der Waals surface area (Å²) in [6.07, 6.45) is -1.83. The van der Waals surface area contributed by atoms with Crippen LogP contribution in [-0.2, 0) is 16.0 Å². The van der Waals surface area contributed by atoms with E-state index in [-0.39, 0.29) is 13.2 Å². The molecule has 2 rings (SSSR count). The topological polar surface area (TPSA) is 67.8 Å². The van der Waals surface area contributed by atoms with E-state index in [4.69, 9.17) is 9.47 Å². The maximum Gasteiger partial charge on any atom is 0.407 e. The SMILES string of the molecule is O=C(NCc1ccccc1)O[C@@H]1COC[C@@H]1O. The molecule has 0 aromatic heterocycles. The van der Waals surface area contributed by atoms with Crippen LogP contribution in [0.5, 0.6) is 0 Å². The normalized spacial score (nSPS) is 23.4. The zero-order chi connectivity index (χ0) is 12.1. The Bertz CT molecular complexity index is 368. The summed E-state index contributed by atoms with van der Waals surface area (Å²) in [5.74, 6) is 0.